The number of hydrogen-bond donors (Lipinski definition) is 0. The van der Waals surface area contributed by atoms with Gasteiger partial charge in [-0.25, -0.2) is 0 Å². The zero-order valence-corrected chi connectivity index (χ0v) is 10.3. The zero-order valence-electron chi connectivity index (χ0n) is 10.3. The Morgan fingerprint density at radius 3 is 2.59 bits per heavy atom. The minimum atomic E-state index is -0.0201. The molecule has 0 bridgehead atoms. The van der Waals surface area contributed by atoms with Gasteiger partial charge in [-0.2, -0.15) is 0 Å². The van der Waals surface area contributed by atoms with Crippen molar-refractivity contribution in [2.75, 3.05) is 26.8 Å². The summed E-state index contributed by atoms with van der Waals surface area (Å²) < 4.78 is 5.21. The van der Waals surface area contributed by atoms with E-state index in [2.05, 4.69) is 5.92 Å². The molecule has 0 fully saturated rings. The monoisotopic (exact) mass is 231 g/mol. The normalized spacial score (nSPS) is 9.71. The van der Waals surface area contributed by atoms with E-state index in [0.29, 0.717) is 25.3 Å². The maximum absolute atomic E-state index is 12.0. The molecule has 0 spiro atoms. The van der Waals surface area contributed by atoms with Crippen molar-refractivity contribution in [1.29, 1.82) is 0 Å². The van der Waals surface area contributed by atoms with Crippen LogP contribution < -0.4 is 0 Å². The first-order valence-electron chi connectivity index (χ1n) is 5.59. The number of carbonyl (C=O) groups excluding carboxylic acids is 1. The van der Waals surface area contributed by atoms with Crippen molar-refractivity contribution in [2.24, 2.45) is 0 Å². The van der Waals surface area contributed by atoms with Crippen LogP contribution in [-0.4, -0.2) is 37.6 Å². The standard InChI is InChI=1S/C14H17NO2/c1-4-12-6-8-13(9-7-12)14(16)15(3)10-11-17-5-2/h1,6-9H,5,10-11H2,2-3H3. The maximum Gasteiger partial charge on any atom is 0.253 e. The predicted molar refractivity (Wildman–Crippen MR) is 67.8 cm³/mol. The van der Waals surface area contributed by atoms with Gasteiger partial charge in [0.15, 0.2) is 0 Å². The first-order valence-corrected chi connectivity index (χ1v) is 5.59. The second kappa shape index (κ2) is 6.72. The van der Waals surface area contributed by atoms with Gasteiger partial charge in [0, 0.05) is 31.3 Å². The van der Waals surface area contributed by atoms with Gasteiger partial charge >= 0.3 is 0 Å². The van der Waals surface area contributed by atoms with Gasteiger partial charge in [0.2, 0.25) is 0 Å². The van der Waals surface area contributed by atoms with E-state index in [1.54, 1.807) is 36.2 Å². The first-order chi connectivity index (χ1) is 8.19. The molecule has 0 N–H and O–H groups in total. The molecule has 0 heterocycles. The second-order valence-corrected chi connectivity index (χ2v) is 3.65. The van der Waals surface area contributed by atoms with Crippen LogP contribution in [0, 0.1) is 12.3 Å². The van der Waals surface area contributed by atoms with Gasteiger partial charge in [0.1, 0.15) is 0 Å². The number of likely N-dealkylation sites (N-methyl/N-ethyl adjacent to an activating group) is 1. The Kier molecular flexibility index (Phi) is 5.25. The molecule has 0 aliphatic rings. The quantitative estimate of drug-likeness (QED) is 0.571. The average Bonchev–Trinajstić information content (AvgIpc) is 2.38. The van der Waals surface area contributed by atoms with Crippen LogP contribution in [0.3, 0.4) is 0 Å². The number of hydrogen-bond acceptors (Lipinski definition) is 2. The number of carbonyl (C=O) groups is 1. The van der Waals surface area contributed by atoms with Crippen LogP contribution in [0.5, 0.6) is 0 Å². The van der Waals surface area contributed by atoms with Crippen molar-refractivity contribution >= 4 is 5.91 Å². The van der Waals surface area contributed by atoms with E-state index in [-0.39, 0.29) is 5.91 Å². The number of amides is 1. The average molecular weight is 231 g/mol. The SMILES string of the molecule is C#Cc1ccc(C(=O)N(C)CCOCC)cc1. The molecule has 0 radical (unpaired) electrons. The van der Waals surface area contributed by atoms with Crippen LogP contribution in [0.1, 0.15) is 22.8 Å². The number of terminal acetylenes is 1. The summed E-state index contributed by atoms with van der Waals surface area (Å²) in [6.07, 6.45) is 5.25. The fourth-order valence-corrected chi connectivity index (χ4v) is 1.38. The molecule has 1 aromatic carbocycles. The molecule has 0 atom stereocenters. The van der Waals surface area contributed by atoms with Gasteiger partial charge in [-0.15, -0.1) is 6.42 Å². The summed E-state index contributed by atoms with van der Waals surface area (Å²) >= 11 is 0. The van der Waals surface area contributed by atoms with Crippen LogP contribution in [0.25, 0.3) is 0 Å². The summed E-state index contributed by atoms with van der Waals surface area (Å²) in [5.41, 5.74) is 1.42. The number of nitrogens with zero attached hydrogens (tertiary/aromatic N) is 1. The Balaban J connectivity index is 2.59. The fourth-order valence-electron chi connectivity index (χ4n) is 1.38. The van der Waals surface area contributed by atoms with E-state index in [1.807, 2.05) is 6.92 Å². The minimum absolute atomic E-state index is 0.0201. The van der Waals surface area contributed by atoms with Crippen molar-refractivity contribution in [3.63, 3.8) is 0 Å². The third-order valence-corrected chi connectivity index (χ3v) is 2.42. The van der Waals surface area contributed by atoms with Crippen molar-refractivity contribution in [3.05, 3.63) is 35.4 Å². The zero-order chi connectivity index (χ0) is 12.7. The molecule has 0 aliphatic heterocycles. The van der Waals surface area contributed by atoms with E-state index in [1.165, 1.54) is 0 Å². The van der Waals surface area contributed by atoms with Crippen molar-refractivity contribution < 1.29 is 9.53 Å². The van der Waals surface area contributed by atoms with Gasteiger partial charge in [-0.3, -0.25) is 4.79 Å². The van der Waals surface area contributed by atoms with E-state index in [4.69, 9.17) is 11.2 Å². The summed E-state index contributed by atoms with van der Waals surface area (Å²) in [4.78, 5) is 13.6. The van der Waals surface area contributed by atoms with Gasteiger partial charge in [0.05, 0.1) is 6.61 Å². The lowest BCUT2D eigenvalue weighted by Crippen LogP contribution is -2.30. The highest BCUT2D eigenvalue weighted by Crippen LogP contribution is 2.06. The molecule has 0 saturated heterocycles. The van der Waals surface area contributed by atoms with Crippen LogP contribution in [0.2, 0.25) is 0 Å². The molecule has 90 valence electrons. The van der Waals surface area contributed by atoms with Crippen LogP contribution in [0.15, 0.2) is 24.3 Å². The Morgan fingerprint density at radius 1 is 1.41 bits per heavy atom. The number of rotatable bonds is 5. The molecule has 3 heteroatoms. The first kappa shape index (κ1) is 13.3. The van der Waals surface area contributed by atoms with Crippen LogP contribution in [-0.2, 0) is 4.74 Å². The third kappa shape index (κ3) is 3.93. The van der Waals surface area contributed by atoms with Gasteiger partial charge < -0.3 is 9.64 Å². The van der Waals surface area contributed by atoms with E-state index >= 15 is 0 Å². The molecular formula is C14H17NO2. The highest BCUT2D eigenvalue weighted by Gasteiger charge is 2.10. The summed E-state index contributed by atoms with van der Waals surface area (Å²) in [6, 6.07) is 7.02. The van der Waals surface area contributed by atoms with Crippen LogP contribution >= 0.6 is 0 Å². The summed E-state index contributed by atoms with van der Waals surface area (Å²) in [5.74, 6) is 2.50. The lowest BCUT2D eigenvalue weighted by atomic mass is 10.1. The Morgan fingerprint density at radius 2 is 2.06 bits per heavy atom. The molecular weight excluding hydrogens is 214 g/mol. The van der Waals surface area contributed by atoms with E-state index < -0.39 is 0 Å². The molecule has 1 rings (SSSR count). The molecule has 0 aliphatic carbocycles. The van der Waals surface area contributed by atoms with Gasteiger partial charge in [-0.1, -0.05) is 5.92 Å². The Labute approximate surface area is 102 Å². The number of ether oxygens (including phenoxy) is 1. The summed E-state index contributed by atoms with van der Waals surface area (Å²) in [6.45, 7) is 3.74. The van der Waals surface area contributed by atoms with Crippen molar-refractivity contribution in [1.82, 2.24) is 4.90 Å². The molecule has 1 aromatic rings. The predicted octanol–water partition coefficient (Wildman–Crippen LogP) is 1.78. The highest BCUT2D eigenvalue weighted by molar-refractivity contribution is 5.94. The third-order valence-electron chi connectivity index (χ3n) is 2.42. The molecule has 1 amide bonds. The maximum atomic E-state index is 12.0. The van der Waals surface area contributed by atoms with Crippen LogP contribution in [0.4, 0.5) is 0 Å². The largest absolute Gasteiger partial charge is 0.380 e. The molecule has 0 saturated carbocycles. The topological polar surface area (TPSA) is 29.5 Å². The van der Waals surface area contributed by atoms with E-state index in [0.717, 1.165) is 5.56 Å². The Bertz CT molecular complexity index is 403. The van der Waals surface area contributed by atoms with Gasteiger partial charge in [0.25, 0.3) is 5.91 Å². The summed E-state index contributed by atoms with van der Waals surface area (Å²) in [7, 11) is 1.76. The lowest BCUT2D eigenvalue weighted by Gasteiger charge is -2.16. The van der Waals surface area contributed by atoms with E-state index in [9.17, 15) is 4.79 Å². The Hall–Kier alpha value is -1.79. The summed E-state index contributed by atoms with van der Waals surface area (Å²) in [5, 5.41) is 0. The minimum Gasteiger partial charge on any atom is -0.380 e. The molecule has 17 heavy (non-hydrogen) atoms. The van der Waals surface area contributed by atoms with Crippen molar-refractivity contribution in [2.45, 2.75) is 6.92 Å². The molecule has 0 aromatic heterocycles. The smallest absolute Gasteiger partial charge is 0.253 e. The second-order valence-electron chi connectivity index (χ2n) is 3.65. The fraction of sp³-hybridized carbons (Fsp3) is 0.357. The number of benzene rings is 1. The highest BCUT2D eigenvalue weighted by atomic mass is 16.5. The van der Waals surface area contributed by atoms with Crippen molar-refractivity contribution in [3.8, 4) is 12.3 Å². The molecule has 0 unspecified atom stereocenters. The van der Waals surface area contributed by atoms with Gasteiger partial charge in [-0.05, 0) is 31.2 Å². The molecule has 3 nitrogen and oxygen atoms in total. The lowest BCUT2D eigenvalue weighted by molar-refractivity contribution is 0.0710.